The number of benzene rings is 1. The van der Waals surface area contributed by atoms with E-state index in [1.165, 1.54) is 12.0 Å². The third kappa shape index (κ3) is 1.90. The third-order valence-electron chi connectivity index (χ3n) is 4.65. The first-order chi connectivity index (χ1) is 8.09. The Bertz CT molecular complexity index is 401. The maximum absolute atomic E-state index is 9.72. The zero-order valence-corrected chi connectivity index (χ0v) is 10.6. The van der Waals surface area contributed by atoms with Crippen LogP contribution in [-0.4, -0.2) is 23.3 Å². The highest BCUT2D eigenvalue weighted by Gasteiger charge is 2.50. The van der Waals surface area contributed by atoms with Gasteiger partial charge >= 0.3 is 0 Å². The molecule has 0 aliphatic heterocycles. The van der Waals surface area contributed by atoms with Crippen molar-refractivity contribution in [3.63, 3.8) is 0 Å². The van der Waals surface area contributed by atoms with Gasteiger partial charge in [-0.3, -0.25) is 0 Å². The van der Waals surface area contributed by atoms with Gasteiger partial charge in [0, 0.05) is 23.4 Å². The number of nitrogens with one attached hydrogen (secondary N) is 1. The summed E-state index contributed by atoms with van der Waals surface area (Å²) in [6.07, 6.45) is 2.02. The zero-order chi connectivity index (χ0) is 12.0. The summed E-state index contributed by atoms with van der Waals surface area (Å²) in [5.74, 6) is 0.685. The van der Waals surface area contributed by atoms with E-state index in [1.54, 1.807) is 0 Å². The second kappa shape index (κ2) is 3.82. The van der Waals surface area contributed by atoms with Crippen molar-refractivity contribution >= 4 is 0 Å². The van der Waals surface area contributed by atoms with E-state index in [9.17, 15) is 5.11 Å². The van der Waals surface area contributed by atoms with Crippen molar-refractivity contribution < 1.29 is 5.11 Å². The standard InChI is InChI=1S/C15H21NO/c1-15(2)13(9-14(15)17)16-12-8-11(12)10-6-4-3-5-7-10/h3-7,11-14,16-17H,8-9H2,1-2H3. The molecule has 0 saturated heterocycles. The lowest BCUT2D eigenvalue weighted by atomic mass is 9.64. The molecule has 0 bridgehead atoms. The van der Waals surface area contributed by atoms with Gasteiger partial charge in [-0.05, 0) is 18.4 Å². The third-order valence-corrected chi connectivity index (χ3v) is 4.65. The molecule has 2 aliphatic carbocycles. The van der Waals surface area contributed by atoms with Crippen LogP contribution in [-0.2, 0) is 0 Å². The van der Waals surface area contributed by atoms with Gasteiger partial charge in [-0.15, -0.1) is 0 Å². The van der Waals surface area contributed by atoms with E-state index in [0.29, 0.717) is 18.0 Å². The van der Waals surface area contributed by atoms with E-state index in [0.717, 1.165) is 6.42 Å². The fourth-order valence-corrected chi connectivity index (χ4v) is 2.89. The molecule has 4 atom stereocenters. The minimum absolute atomic E-state index is 0.0455. The Hall–Kier alpha value is -0.860. The van der Waals surface area contributed by atoms with Gasteiger partial charge in [0.05, 0.1) is 6.10 Å². The average Bonchev–Trinajstić information content (AvgIpc) is 3.09. The van der Waals surface area contributed by atoms with E-state index >= 15 is 0 Å². The summed E-state index contributed by atoms with van der Waals surface area (Å²) in [4.78, 5) is 0. The Kier molecular flexibility index (Phi) is 2.53. The van der Waals surface area contributed by atoms with Crippen molar-refractivity contribution in [2.24, 2.45) is 5.41 Å². The molecule has 2 saturated carbocycles. The average molecular weight is 231 g/mol. The Morgan fingerprint density at radius 3 is 2.47 bits per heavy atom. The van der Waals surface area contributed by atoms with Crippen LogP contribution in [0.25, 0.3) is 0 Å². The second-order valence-electron chi connectivity index (χ2n) is 6.15. The van der Waals surface area contributed by atoms with Gasteiger partial charge in [-0.25, -0.2) is 0 Å². The SMILES string of the molecule is CC1(C)C(O)CC1NC1CC1c1ccccc1. The van der Waals surface area contributed by atoms with Gasteiger partial charge in [0.2, 0.25) is 0 Å². The molecule has 2 aliphatic rings. The fourth-order valence-electron chi connectivity index (χ4n) is 2.89. The van der Waals surface area contributed by atoms with E-state index in [1.807, 2.05) is 0 Å². The lowest BCUT2D eigenvalue weighted by molar-refractivity contribution is -0.0731. The molecule has 2 N–H and O–H groups in total. The molecule has 3 rings (SSSR count). The Balaban J connectivity index is 1.57. The lowest BCUT2D eigenvalue weighted by Crippen LogP contribution is -2.60. The molecule has 2 heteroatoms. The summed E-state index contributed by atoms with van der Waals surface area (Å²) in [5.41, 5.74) is 1.49. The maximum atomic E-state index is 9.72. The highest BCUT2D eigenvalue weighted by atomic mass is 16.3. The maximum Gasteiger partial charge on any atom is 0.0621 e. The van der Waals surface area contributed by atoms with Crippen molar-refractivity contribution in [3.05, 3.63) is 35.9 Å². The molecule has 1 aromatic carbocycles. The van der Waals surface area contributed by atoms with Gasteiger partial charge in [0.1, 0.15) is 0 Å². The first-order valence-corrected chi connectivity index (χ1v) is 6.58. The summed E-state index contributed by atoms with van der Waals surface area (Å²) >= 11 is 0. The molecular formula is C15H21NO. The van der Waals surface area contributed by atoms with Gasteiger partial charge in [0.25, 0.3) is 0 Å². The molecule has 92 valence electrons. The van der Waals surface area contributed by atoms with Crippen LogP contribution < -0.4 is 5.32 Å². The molecule has 0 heterocycles. The van der Waals surface area contributed by atoms with Crippen LogP contribution in [0.1, 0.15) is 38.2 Å². The Morgan fingerprint density at radius 2 is 1.88 bits per heavy atom. The number of aliphatic hydroxyl groups excluding tert-OH is 1. The van der Waals surface area contributed by atoms with Crippen LogP contribution in [0.5, 0.6) is 0 Å². The quantitative estimate of drug-likeness (QED) is 0.836. The minimum atomic E-state index is -0.131. The summed E-state index contributed by atoms with van der Waals surface area (Å²) in [5, 5.41) is 13.4. The summed E-state index contributed by atoms with van der Waals surface area (Å²) in [6.45, 7) is 4.30. The van der Waals surface area contributed by atoms with Crippen LogP contribution in [0.2, 0.25) is 0 Å². The molecule has 0 amide bonds. The van der Waals surface area contributed by atoms with Gasteiger partial charge < -0.3 is 10.4 Å². The van der Waals surface area contributed by atoms with Crippen molar-refractivity contribution in [2.75, 3.05) is 0 Å². The molecule has 4 unspecified atom stereocenters. The first-order valence-electron chi connectivity index (χ1n) is 6.58. The lowest BCUT2D eigenvalue weighted by Gasteiger charge is -2.50. The van der Waals surface area contributed by atoms with E-state index in [-0.39, 0.29) is 11.5 Å². The highest BCUT2D eigenvalue weighted by molar-refractivity contribution is 5.28. The fraction of sp³-hybridized carbons (Fsp3) is 0.600. The molecule has 0 spiro atoms. The molecule has 2 nitrogen and oxygen atoms in total. The Morgan fingerprint density at radius 1 is 1.18 bits per heavy atom. The largest absolute Gasteiger partial charge is 0.392 e. The van der Waals surface area contributed by atoms with E-state index in [4.69, 9.17) is 0 Å². The van der Waals surface area contributed by atoms with Gasteiger partial charge in [-0.1, -0.05) is 44.2 Å². The summed E-state index contributed by atoms with van der Waals surface area (Å²) in [6, 6.07) is 11.8. The number of aliphatic hydroxyl groups is 1. The highest BCUT2D eigenvalue weighted by Crippen LogP contribution is 2.46. The minimum Gasteiger partial charge on any atom is -0.392 e. The van der Waals surface area contributed by atoms with Crippen molar-refractivity contribution in [1.29, 1.82) is 0 Å². The van der Waals surface area contributed by atoms with Crippen LogP contribution in [0.15, 0.2) is 30.3 Å². The summed E-state index contributed by atoms with van der Waals surface area (Å²) in [7, 11) is 0. The first kappa shape index (κ1) is 11.2. The van der Waals surface area contributed by atoms with Crippen LogP contribution in [0.3, 0.4) is 0 Å². The van der Waals surface area contributed by atoms with Crippen molar-refractivity contribution in [3.8, 4) is 0 Å². The van der Waals surface area contributed by atoms with Crippen LogP contribution >= 0.6 is 0 Å². The van der Waals surface area contributed by atoms with Gasteiger partial charge in [-0.2, -0.15) is 0 Å². The predicted octanol–water partition coefficient (Wildman–Crippen LogP) is 2.29. The zero-order valence-electron chi connectivity index (χ0n) is 10.6. The monoisotopic (exact) mass is 231 g/mol. The van der Waals surface area contributed by atoms with E-state index < -0.39 is 0 Å². The molecule has 0 aromatic heterocycles. The second-order valence-corrected chi connectivity index (χ2v) is 6.15. The van der Waals surface area contributed by atoms with Crippen LogP contribution in [0.4, 0.5) is 0 Å². The van der Waals surface area contributed by atoms with Crippen molar-refractivity contribution in [2.45, 2.75) is 50.8 Å². The smallest absolute Gasteiger partial charge is 0.0621 e. The Labute approximate surface area is 103 Å². The number of hydrogen-bond acceptors (Lipinski definition) is 2. The molecule has 2 fully saturated rings. The molecule has 0 radical (unpaired) electrons. The normalized spacial score (nSPS) is 38.5. The topological polar surface area (TPSA) is 32.3 Å². The summed E-state index contributed by atoms with van der Waals surface area (Å²) < 4.78 is 0. The molecule has 1 aromatic rings. The van der Waals surface area contributed by atoms with Crippen molar-refractivity contribution in [1.82, 2.24) is 5.32 Å². The van der Waals surface area contributed by atoms with Crippen LogP contribution in [0, 0.1) is 5.41 Å². The van der Waals surface area contributed by atoms with Gasteiger partial charge in [0.15, 0.2) is 0 Å². The van der Waals surface area contributed by atoms with E-state index in [2.05, 4.69) is 49.5 Å². The molecule has 17 heavy (non-hydrogen) atoms. The predicted molar refractivity (Wildman–Crippen MR) is 68.9 cm³/mol. The number of hydrogen-bond donors (Lipinski definition) is 2. The number of rotatable bonds is 3. The molecular weight excluding hydrogens is 210 g/mol.